The minimum absolute atomic E-state index is 0.305. The van der Waals surface area contributed by atoms with Crippen molar-refractivity contribution in [2.75, 3.05) is 0 Å². The smallest absolute Gasteiger partial charge is 0.115 e. The maximum absolute atomic E-state index is 9.10. The summed E-state index contributed by atoms with van der Waals surface area (Å²) in [5, 5.41) is 18.2. The van der Waals surface area contributed by atoms with Crippen molar-refractivity contribution in [3.05, 3.63) is 109 Å². The molecular formula is C27H28O2. The number of phenolic OH excluding ortho intramolecular Hbond substituents is 2. The second-order valence-corrected chi connectivity index (χ2v) is 6.53. The van der Waals surface area contributed by atoms with Crippen molar-refractivity contribution in [1.82, 2.24) is 0 Å². The fourth-order valence-electron chi connectivity index (χ4n) is 2.57. The van der Waals surface area contributed by atoms with Gasteiger partial charge in [-0.05, 0) is 46.5 Å². The number of hydrogen-bond acceptors (Lipinski definition) is 2. The second kappa shape index (κ2) is 12.0. The van der Waals surface area contributed by atoms with Crippen LogP contribution < -0.4 is 0 Å². The molecule has 2 nitrogen and oxygen atoms in total. The number of aromatic hydroxyl groups is 2. The Hall–Kier alpha value is -3.52. The zero-order chi connectivity index (χ0) is 20.9. The first-order valence-electron chi connectivity index (χ1n) is 9.83. The third-order valence-corrected chi connectivity index (χ3v) is 3.95. The molecule has 0 radical (unpaired) electrons. The molecule has 0 bridgehead atoms. The Balaban J connectivity index is 0.000000183. The standard InChI is InChI=1S/2C12H10O.C3H8/c2*13-12-8-6-11(7-9-12)10-4-2-1-3-5-10;1-3-2/h2*1-9,13H;3H2,1-2H3. The first kappa shape index (κ1) is 21.8. The molecule has 0 saturated heterocycles. The molecule has 0 amide bonds. The molecule has 0 fully saturated rings. The highest BCUT2D eigenvalue weighted by molar-refractivity contribution is 5.64. The molecule has 0 aliphatic carbocycles. The topological polar surface area (TPSA) is 40.5 Å². The van der Waals surface area contributed by atoms with Crippen LogP contribution in [0.1, 0.15) is 20.3 Å². The summed E-state index contributed by atoms with van der Waals surface area (Å²) < 4.78 is 0. The second-order valence-electron chi connectivity index (χ2n) is 6.53. The molecule has 4 aromatic carbocycles. The third-order valence-electron chi connectivity index (χ3n) is 3.95. The number of phenols is 2. The van der Waals surface area contributed by atoms with Gasteiger partial charge in [0.15, 0.2) is 0 Å². The van der Waals surface area contributed by atoms with Gasteiger partial charge in [-0.2, -0.15) is 0 Å². The lowest BCUT2D eigenvalue weighted by molar-refractivity contribution is 0.475. The first-order chi connectivity index (χ1) is 14.1. The van der Waals surface area contributed by atoms with Crippen molar-refractivity contribution in [3.63, 3.8) is 0 Å². The third kappa shape index (κ3) is 7.55. The van der Waals surface area contributed by atoms with Crippen LogP contribution in [0.25, 0.3) is 22.3 Å². The van der Waals surface area contributed by atoms with E-state index >= 15 is 0 Å². The molecule has 2 N–H and O–H groups in total. The molecule has 0 aliphatic heterocycles. The van der Waals surface area contributed by atoms with Gasteiger partial charge in [0.1, 0.15) is 11.5 Å². The average Bonchev–Trinajstić information content (AvgIpc) is 2.77. The Kier molecular flexibility index (Phi) is 9.04. The lowest BCUT2D eigenvalue weighted by Crippen LogP contribution is -1.74. The molecule has 2 heteroatoms. The van der Waals surface area contributed by atoms with Gasteiger partial charge in [-0.3, -0.25) is 0 Å². The van der Waals surface area contributed by atoms with Crippen molar-refractivity contribution >= 4 is 0 Å². The maximum Gasteiger partial charge on any atom is 0.115 e. The summed E-state index contributed by atoms with van der Waals surface area (Å²) in [5.74, 6) is 0.611. The fraction of sp³-hybridized carbons (Fsp3) is 0.111. The molecule has 0 spiro atoms. The summed E-state index contributed by atoms with van der Waals surface area (Å²) >= 11 is 0. The summed E-state index contributed by atoms with van der Waals surface area (Å²) in [4.78, 5) is 0. The number of hydrogen-bond donors (Lipinski definition) is 2. The lowest BCUT2D eigenvalue weighted by atomic mass is 10.1. The van der Waals surface area contributed by atoms with Gasteiger partial charge in [0.2, 0.25) is 0 Å². The van der Waals surface area contributed by atoms with Gasteiger partial charge >= 0.3 is 0 Å². The van der Waals surface area contributed by atoms with E-state index in [-0.39, 0.29) is 0 Å². The van der Waals surface area contributed by atoms with E-state index in [1.54, 1.807) is 24.3 Å². The Bertz CT molecular complexity index is 848. The monoisotopic (exact) mass is 384 g/mol. The van der Waals surface area contributed by atoms with Crippen molar-refractivity contribution in [2.45, 2.75) is 20.3 Å². The Morgan fingerprint density at radius 3 is 0.931 bits per heavy atom. The molecule has 29 heavy (non-hydrogen) atoms. The summed E-state index contributed by atoms with van der Waals surface area (Å²) in [6.07, 6.45) is 1.25. The van der Waals surface area contributed by atoms with E-state index < -0.39 is 0 Å². The van der Waals surface area contributed by atoms with Gasteiger partial charge in [0, 0.05) is 0 Å². The Morgan fingerprint density at radius 1 is 0.414 bits per heavy atom. The predicted molar refractivity (Wildman–Crippen MR) is 123 cm³/mol. The lowest BCUT2D eigenvalue weighted by Gasteiger charge is -2.00. The van der Waals surface area contributed by atoms with Crippen LogP contribution in [0.2, 0.25) is 0 Å². The summed E-state index contributed by atoms with van der Waals surface area (Å²) in [5.41, 5.74) is 4.59. The van der Waals surface area contributed by atoms with Gasteiger partial charge in [0.05, 0.1) is 0 Å². The van der Waals surface area contributed by atoms with Crippen LogP contribution in [-0.4, -0.2) is 10.2 Å². The summed E-state index contributed by atoms with van der Waals surface area (Å²) in [7, 11) is 0. The van der Waals surface area contributed by atoms with E-state index in [2.05, 4.69) is 13.8 Å². The highest BCUT2D eigenvalue weighted by atomic mass is 16.3. The largest absolute Gasteiger partial charge is 0.508 e. The SMILES string of the molecule is CCC.Oc1ccc(-c2ccccc2)cc1.Oc1ccc(-c2ccccc2)cc1. The molecule has 0 heterocycles. The molecule has 0 atom stereocenters. The van der Waals surface area contributed by atoms with E-state index in [0.717, 1.165) is 11.1 Å². The van der Waals surface area contributed by atoms with E-state index in [9.17, 15) is 0 Å². The molecule has 0 aliphatic rings. The molecule has 4 rings (SSSR count). The predicted octanol–water partition coefficient (Wildman–Crippen LogP) is 7.53. The minimum Gasteiger partial charge on any atom is -0.508 e. The van der Waals surface area contributed by atoms with Gasteiger partial charge in [-0.15, -0.1) is 0 Å². The van der Waals surface area contributed by atoms with Crippen LogP contribution in [-0.2, 0) is 0 Å². The van der Waals surface area contributed by atoms with Gasteiger partial charge in [-0.25, -0.2) is 0 Å². The van der Waals surface area contributed by atoms with Crippen LogP contribution in [0, 0.1) is 0 Å². The van der Waals surface area contributed by atoms with Gasteiger partial charge < -0.3 is 10.2 Å². The Labute approximate surface area is 173 Å². The van der Waals surface area contributed by atoms with Crippen molar-refractivity contribution < 1.29 is 10.2 Å². The Morgan fingerprint density at radius 2 is 0.655 bits per heavy atom. The maximum atomic E-state index is 9.10. The van der Waals surface area contributed by atoms with E-state index in [1.807, 2.05) is 84.9 Å². The average molecular weight is 385 g/mol. The zero-order valence-corrected chi connectivity index (χ0v) is 17.0. The van der Waals surface area contributed by atoms with E-state index in [0.29, 0.717) is 11.5 Å². The zero-order valence-electron chi connectivity index (χ0n) is 17.0. The highest BCUT2D eigenvalue weighted by Crippen LogP contribution is 2.21. The van der Waals surface area contributed by atoms with Crippen LogP contribution in [0.15, 0.2) is 109 Å². The van der Waals surface area contributed by atoms with Gasteiger partial charge in [0.25, 0.3) is 0 Å². The summed E-state index contributed by atoms with van der Waals surface area (Å²) in [6.45, 7) is 4.25. The number of benzene rings is 4. The van der Waals surface area contributed by atoms with Crippen LogP contribution in [0.4, 0.5) is 0 Å². The van der Waals surface area contributed by atoms with Crippen molar-refractivity contribution in [3.8, 4) is 33.8 Å². The normalized spacial score (nSPS) is 9.45. The quantitative estimate of drug-likeness (QED) is 0.375. The van der Waals surface area contributed by atoms with Crippen molar-refractivity contribution in [2.24, 2.45) is 0 Å². The van der Waals surface area contributed by atoms with Crippen LogP contribution >= 0.6 is 0 Å². The summed E-state index contributed by atoms with van der Waals surface area (Å²) in [6, 6.07) is 34.6. The minimum atomic E-state index is 0.305. The molecule has 4 aromatic rings. The fourth-order valence-corrected chi connectivity index (χ4v) is 2.57. The van der Waals surface area contributed by atoms with Gasteiger partial charge in [-0.1, -0.05) is 105 Å². The van der Waals surface area contributed by atoms with E-state index in [1.165, 1.54) is 17.5 Å². The molecule has 148 valence electrons. The highest BCUT2D eigenvalue weighted by Gasteiger charge is 1.95. The van der Waals surface area contributed by atoms with Crippen LogP contribution in [0.5, 0.6) is 11.5 Å². The molecule has 0 saturated carbocycles. The molecular weight excluding hydrogens is 356 g/mol. The van der Waals surface area contributed by atoms with Crippen LogP contribution in [0.3, 0.4) is 0 Å². The van der Waals surface area contributed by atoms with Crippen molar-refractivity contribution in [1.29, 1.82) is 0 Å². The number of rotatable bonds is 2. The van der Waals surface area contributed by atoms with E-state index in [4.69, 9.17) is 10.2 Å². The molecule has 0 unspecified atom stereocenters. The molecule has 0 aromatic heterocycles. The first-order valence-corrected chi connectivity index (χ1v) is 9.83.